The first kappa shape index (κ1) is 14.6. The summed E-state index contributed by atoms with van der Waals surface area (Å²) >= 11 is 0. The summed E-state index contributed by atoms with van der Waals surface area (Å²) in [6, 6.07) is 4.77. The molecule has 0 aliphatic carbocycles. The average molecular weight is 264 g/mol. The van der Waals surface area contributed by atoms with Gasteiger partial charge in [0.1, 0.15) is 11.5 Å². The molecule has 3 nitrogen and oxygen atoms in total. The molecule has 1 rings (SSSR count). The Morgan fingerprint density at radius 1 is 1.28 bits per heavy atom. The summed E-state index contributed by atoms with van der Waals surface area (Å²) in [7, 11) is 1.49. The van der Waals surface area contributed by atoms with E-state index >= 15 is 0 Å². The van der Waals surface area contributed by atoms with Crippen molar-refractivity contribution in [2.75, 3.05) is 13.7 Å². The first-order chi connectivity index (χ1) is 8.46. The molecule has 6 heteroatoms. The molecule has 0 aliphatic rings. The molecule has 0 amide bonds. The summed E-state index contributed by atoms with van der Waals surface area (Å²) in [6.45, 7) is -0.301. The highest BCUT2D eigenvalue weighted by Crippen LogP contribution is 2.25. The van der Waals surface area contributed by atoms with E-state index < -0.39 is 12.6 Å². The SMILES string of the molecule is COc1ccc(OCCCC(F)(F)F)c(CO)c1. The van der Waals surface area contributed by atoms with Crippen LogP contribution in [0.2, 0.25) is 0 Å². The monoisotopic (exact) mass is 264 g/mol. The highest BCUT2D eigenvalue weighted by Gasteiger charge is 2.26. The lowest BCUT2D eigenvalue weighted by Gasteiger charge is -2.12. The predicted molar refractivity (Wildman–Crippen MR) is 59.7 cm³/mol. The molecular weight excluding hydrogens is 249 g/mol. The van der Waals surface area contributed by atoms with Crippen molar-refractivity contribution in [2.24, 2.45) is 0 Å². The van der Waals surface area contributed by atoms with E-state index in [-0.39, 0.29) is 19.6 Å². The van der Waals surface area contributed by atoms with Crippen molar-refractivity contribution in [3.8, 4) is 11.5 Å². The highest BCUT2D eigenvalue weighted by atomic mass is 19.4. The van der Waals surface area contributed by atoms with Gasteiger partial charge in [-0.05, 0) is 24.6 Å². The van der Waals surface area contributed by atoms with E-state index in [4.69, 9.17) is 14.6 Å². The van der Waals surface area contributed by atoms with Crippen LogP contribution in [-0.2, 0) is 6.61 Å². The van der Waals surface area contributed by atoms with E-state index in [1.54, 1.807) is 18.2 Å². The van der Waals surface area contributed by atoms with Gasteiger partial charge in [0.05, 0.1) is 20.3 Å². The van der Waals surface area contributed by atoms with Crippen LogP contribution in [0.5, 0.6) is 11.5 Å². The molecule has 1 N–H and O–H groups in total. The Labute approximate surface area is 103 Å². The fraction of sp³-hybridized carbons (Fsp3) is 0.500. The fourth-order valence-corrected chi connectivity index (χ4v) is 1.40. The van der Waals surface area contributed by atoms with Gasteiger partial charge in [0, 0.05) is 12.0 Å². The molecule has 0 radical (unpaired) electrons. The van der Waals surface area contributed by atoms with Gasteiger partial charge in [-0.1, -0.05) is 0 Å². The minimum Gasteiger partial charge on any atom is -0.497 e. The summed E-state index contributed by atoms with van der Waals surface area (Å²) in [5.41, 5.74) is 0.487. The second-order valence-electron chi connectivity index (χ2n) is 3.70. The number of halogens is 3. The fourth-order valence-electron chi connectivity index (χ4n) is 1.40. The molecular formula is C12H15F3O3. The summed E-state index contributed by atoms with van der Waals surface area (Å²) in [4.78, 5) is 0. The zero-order chi connectivity index (χ0) is 13.6. The molecule has 0 aliphatic heterocycles. The maximum Gasteiger partial charge on any atom is 0.389 e. The number of methoxy groups -OCH3 is 1. The van der Waals surface area contributed by atoms with Crippen LogP contribution in [0.1, 0.15) is 18.4 Å². The van der Waals surface area contributed by atoms with E-state index in [0.29, 0.717) is 17.1 Å². The van der Waals surface area contributed by atoms with Crippen LogP contribution in [0.4, 0.5) is 13.2 Å². The van der Waals surface area contributed by atoms with Crippen molar-refractivity contribution in [3.63, 3.8) is 0 Å². The smallest absolute Gasteiger partial charge is 0.389 e. The average Bonchev–Trinajstić information content (AvgIpc) is 2.33. The van der Waals surface area contributed by atoms with Gasteiger partial charge in [-0.25, -0.2) is 0 Å². The summed E-state index contributed by atoms with van der Waals surface area (Å²) in [5.74, 6) is 0.933. The van der Waals surface area contributed by atoms with E-state index in [9.17, 15) is 13.2 Å². The number of aliphatic hydroxyl groups excluding tert-OH is 1. The molecule has 1 aromatic rings. The van der Waals surface area contributed by atoms with Crippen molar-refractivity contribution < 1.29 is 27.8 Å². The lowest BCUT2D eigenvalue weighted by molar-refractivity contribution is -0.136. The molecule has 102 valence electrons. The molecule has 0 fully saturated rings. The molecule has 18 heavy (non-hydrogen) atoms. The van der Waals surface area contributed by atoms with Crippen molar-refractivity contribution in [1.82, 2.24) is 0 Å². The third kappa shape index (κ3) is 4.83. The lowest BCUT2D eigenvalue weighted by Crippen LogP contribution is -2.10. The maximum absolute atomic E-state index is 11.9. The Morgan fingerprint density at radius 3 is 2.56 bits per heavy atom. The highest BCUT2D eigenvalue weighted by molar-refractivity contribution is 5.39. The summed E-state index contributed by atoms with van der Waals surface area (Å²) in [6.07, 6.45) is -5.15. The lowest BCUT2D eigenvalue weighted by atomic mass is 10.2. The number of benzene rings is 1. The van der Waals surface area contributed by atoms with Crippen molar-refractivity contribution >= 4 is 0 Å². The number of aliphatic hydroxyl groups is 1. The van der Waals surface area contributed by atoms with E-state index in [1.165, 1.54) is 7.11 Å². The van der Waals surface area contributed by atoms with E-state index in [0.717, 1.165) is 0 Å². The first-order valence-electron chi connectivity index (χ1n) is 5.43. The van der Waals surface area contributed by atoms with E-state index in [1.807, 2.05) is 0 Å². The molecule has 0 saturated heterocycles. The predicted octanol–water partition coefficient (Wildman–Crippen LogP) is 2.91. The van der Waals surface area contributed by atoms with Gasteiger partial charge in [0.2, 0.25) is 0 Å². The molecule has 0 atom stereocenters. The van der Waals surface area contributed by atoms with Gasteiger partial charge in [0.25, 0.3) is 0 Å². The molecule has 0 bridgehead atoms. The Morgan fingerprint density at radius 2 is 2.00 bits per heavy atom. The molecule has 0 spiro atoms. The van der Waals surface area contributed by atoms with Crippen LogP contribution in [0.3, 0.4) is 0 Å². The minimum absolute atomic E-state index is 0.0428. The Balaban J connectivity index is 2.51. The van der Waals surface area contributed by atoms with Crippen LogP contribution in [0, 0.1) is 0 Å². The second kappa shape index (κ2) is 6.49. The topological polar surface area (TPSA) is 38.7 Å². The van der Waals surface area contributed by atoms with Crippen molar-refractivity contribution in [1.29, 1.82) is 0 Å². The van der Waals surface area contributed by atoms with E-state index in [2.05, 4.69) is 0 Å². The number of hydrogen-bond acceptors (Lipinski definition) is 3. The van der Waals surface area contributed by atoms with Gasteiger partial charge in [-0.15, -0.1) is 0 Å². The van der Waals surface area contributed by atoms with Crippen LogP contribution in [0.25, 0.3) is 0 Å². The standard InChI is InChI=1S/C12H15F3O3/c1-17-10-3-4-11(9(7-10)8-16)18-6-2-5-12(13,14)15/h3-4,7,16H,2,5-6,8H2,1H3. The van der Waals surface area contributed by atoms with Gasteiger partial charge in [0.15, 0.2) is 0 Å². The minimum atomic E-state index is -4.16. The largest absolute Gasteiger partial charge is 0.497 e. The van der Waals surface area contributed by atoms with Crippen molar-refractivity contribution in [3.05, 3.63) is 23.8 Å². The molecule has 1 aromatic carbocycles. The molecule has 0 saturated carbocycles. The Bertz CT molecular complexity index is 377. The molecule has 0 heterocycles. The number of alkyl halides is 3. The summed E-state index contributed by atoms with van der Waals surface area (Å²) < 4.78 is 45.9. The zero-order valence-corrected chi connectivity index (χ0v) is 9.96. The summed E-state index contributed by atoms with van der Waals surface area (Å²) in [5, 5.41) is 9.11. The molecule has 0 aromatic heterocycles. The second-order valence-corrected chi connectivity index (χ2v) is 3.70. The maximum atomic E-state index is 11.9. The third-order valence-corrected chi connectivity index (χ3v) is 2.30. The van der Waals surface area contributed by atoms with Gasteiger partial charge < -0.3 is 14.6 Å². The first-order valence-corrected chi connectivity index (χ1v) is 5.43. The van der Waals surface area contributed by atoms with Crippen LogP contribution >= 0.6 is 0 Å². The number of hydrogen-bond donors (Lipinski definition) is 1. The molecule has 0 unspecified atom stereocenters. The van der Waals surface area contributed by atoms with Gasteiger partial charge in [-0.2, -0.15) is 13.2 Å². The van der Waals surface area contributed by atoms with Crippen LogP contribution in [-0.4, -0.2) is 25.0 Å². The van der Waals surface area contributed by atoms with Gasteiger partial charge in [-0.3, -0.25) is 0 Å². The van der Waals surface area contributed by atoms with Crippen molar-refractivity contribution in [2.45, 2.75) is 25.6 Å². The quantitative estimate of drug-likeness (QED) is 0.803. The number of rotatable bonds is 6. The van der Waals surface area contributed by atoms with Gasteiger partial charge >= 0.3 is 6.18 Å². The Kier molecular flexibility index (Phi) is 5.27. The van der Waals surface area contributed by atoms with Crippen LogP contribution < -0.4 is 9.47 Å². The number of ether oxygens (including phenoxy) is 2. The normalized spacial score (nSPS) is 11.4. The zero-order valence-electron chi connectivity index (χ0n) is 9.96. The third-order valence-electron chi connectivity index (χ3n) is 2.30. The van der Waals surface area contributed by atoms with Crippen LogP contribution in [0.15, 0.2) is 18.2 Å². The Hall–Kier alpha value is -1.43.